The van der Waals surface area contributed by atoms with Crippen molar-refractivity contribution in [2.45, 2.75) is 0 Å². The molecule has 5 heteroatoms. The van der Waals surface area contributed by atoms with Crippen LogP contribution < -0.4 is 16.0 Å². The van der Waals surface area contributed by atoms with Gasteiger partial charge in [-0.1, -0.05) is 0 Å². The lowest BCUT2D eigenvalue weighted by Gasteiger charge is -2.10. The van der Waals surface area contributed by atoms with Crippen LogP contribution in [0.5, 0.6) is 0 Å². The van der Waals surface area contributed by atoms with E-state index < -0.39 is 0 Å². The molecule has 0 aliphatic carbocycles. The van der Waals surface area contributed by atoms with Gasteiger partial charge in [0.1, 0.15) is 23.3 Å². The van der Waals surface area contributed by atoms with Gasteiger partial charge in [-0.25, -0.2) is 4.98 Å². The van der Waals surface area contributed by atoms with Crippen LogP contribution in [0.15, 0.2) is 6.07 Å². The summed E-state index contributed by atoms with van der Waals surface area (Å²) >= 11 is 0. The number of aromatic nitrogens is 1. The average Bonchev–Trinajstić information content (AvgIpc) is 2.26. The van der Waals surface area contributed by atoms with E-state index in [1.807, 2.05) is 0 Å². The number of hydrogen-bond acceptors (Lipinski definition) is 5. The Balaban J connectivity index is 3.34. The lowest BCUT2D eigenvalue weighted by molar-refractivity contribution is 1.24. The zero-order valence-electron chi connectivity index (χ0n) is 8.47. The lowest BCUT2D eigenvalue weighted by atomic mass is 10.2. The first-order chi connectivity index (χ1) is 6.76. The van der Waals surface area contributed by atoms with Crippen LogP contribution >= 0.6 is 0 Å². The largest absolute Gasteiger partial charge is 0.387 e. The van der Waals surface area contributed by atoms with Gasteiger partial charge in [-0.2, -0.15) is 5.26 Å². The molecular weight excluding hydrogens is 178 g/mol. The Hall–Kier alpha value is -1.96. The molecule has 1 rings (SSSR count). The van der Waals surface area contributed by atoms with Crippen molar-refractivity contribution in [2.75, 3.05) is 37.1 Å². The Bertz CT molecular complexity index is 341. The van der Waals surface area contributed by atoms with E-state index in [-0.39, 0.29) is 0 Å². The molecule has 0 saturated heterocycles. The maximum absolute atomic E-state index is 8.93. The Kier molecular flexibility index (Phi) is 3.13. The van der Waals surface area contributed by atoms with Crippen molar-refractivity contribution < 1.29 is 0 Å². The van der Waals surface area contributed by atoms with Gasteiger partial charge in [-0.15, -0.1) is 0 Å². The molecule has 1 aromatic heterocycles. The summed E-state index contributed by atoms with van der Waals surface area (Å²) in [7, 11) is 5.30. The topological polar surface area (TPSA) is 72.8 Å². The van der Waals surface area contributed by atoms with E-state index in [9.17, 15) is 0 Å². The quantitative estimate of drug-likeness (QED) is 0.666. The number of anilines is 3. The Morgan fingerprint density at radius 3 is 2.36 bits per heavy atom. The van der Waals surface area contributed by atoms with Gasteiger partial charge < -0.3 is 16.0 Å². The van der Waals surface area contributed by atoms with Crippen LogP contribution in [-0.4, -0.2) is 26.1 Å². The van der Waals surface area contributed by atoms with Crippen molar-refractivity contribution in [3.8, 4) is 6.07 Å². The Morgan fingerprint density at radius 2 is 1.93 bits per heavy atom. The molecule has 0 aromatic carbocycles. The van der Waals surface area contributed by atoms with E-state index in [1.54, 1.807) is 27.2 Å². The van der Waals surface area contributed by atoms with Gasteiger partial charge in [-0.3, -0.25) is 0 Å². The summed E-state index contributed by atoms with van der Waals surface area (Å²) in [5, 5.41) is 17.7. The van der Waals surface area contributed by atoms with Gasteiger partial charge in [0.05, 0.1) is 5.69 Å². The van der Waals surface area contributed by atoms with Gasteiger partial charge in [0, 0.05) is 27.2 Å². The fourth-order valence-corrected chi connectivity index (χ4v) is 1.16. The third-order valence-electron chi connectivity index (χ3n) is 1.89. The van der Waals surface area contributed by atoms with Crippen LogP contribution in [0.1, 0.15) is 5.56 Å². The van der Waals surface area contributed by atoms with Gasteiger partial charge in [0.2, 0.25) is 0 Å². The third kappa shape index (κ3) is 1.69. The van der Waals surface area contributed by atoms with Gasteiger partial charge in [0.15, 0.2) is 0 Å². The van der Waals surface area contributed by atoms with E-state index in [1.165, 1.54) is 0 Å². The summed E-state index contributed by atoms with van der Waals surface area (Å²) in [5.74, 6) is 1.29. The highest BCUT2D eigenvalue weighted by molar-refractivity contribution is 5.71. The number of nitrogens with zero attached hydrogens (tertiary/aromatic N) is 2. The van der Waals surface area contributed by atoms with Gasteiger partial charge in [0.25, 0.3) is 0 Å². The first kappa shape index (κ1) is 10.1. The monoisotopic (exact) mass is 191 g/mol. The first-order valence-corrected chi connectivity index (χ1v) is 4.25. The van der Waals surface area contributed by atoms with Crippen molar-refractivity contribution in [3.63, 3.8) is 0 Å². The molecule has 1 heterocycles. The fraction of sp³-hybridized carbons (Fsp3) is 0.333. The zero-order valence-corrected chi connectivity index (χ0v) is 8.47. The Labute approximate surface area is 83.2 Å². The standard InChI is InChI=1S/C9H13N5/c1-11-7-4-8(12-2)14-9(13-3)6(7)5-10/h4H,1-3H3,(H3,11,12,13,14). The predicted octanol–water partition coefficient (Wildman–Crippen LogP) is 1.08. The molecular formula is C9H13N5. The predicted molar refractivity (Wildman–Crippen MR) is 57.6 cm³/mol. The molecule has 0 amide bonds. The van der Waals surface area contributed by atoms with E-state index in [2.05, 4.69) is 27.0 Å². The molecule has 0 saturated carbocycles. The maximum Gasteiger partial charge on any atom is 0.148 e. The highest BCUT2D eigenvalue weighted by Gasteiger charge is 2.09. The summed E-state index contributed by atoms with van der Waals surface area (Å²) in [6.45, 7) is 0. The van der Waals surface area contributed by atoms with Crippen molar-refractivity contribution in [1.82, 2.24) is 4.98 Å². The molecule has 0 atom stereocenters. The molecule has 74 valence electrons. The smallest absolute Gasteiger partial charge is 0.148 e. The van der Waals surface area contributed by atoms with E-state index in [0.717, 1.165) is 11.5 Å². The number of rotatable bonds is 3. The van der Waals surface area contributed by atoms with E-state index in [4.69, 9.17) is 5.26 Å². The van der Waals surface area contributed by atoms with Crippen LogP contribution in [0.3, 0.4) is 0 Å². The van der Waals surface area contributed by atoms with Crippen molar-refractivity contribution in [1.29, 1.82) is 5.26 Å². The minimum Gasteiger partial charge on any atom is -0.387 e. The molecule has 5 nitrogen and oxygen atoms in total. The third-order valence-corrected chi connectivity index (χ3v) is 1.89. The first-order valence-electron chi connectivity index (χ1n) is 4.25. The Morgan fingerprint density at radius 1 is 1.21 bits per heavy atom. The van der Waals surface area contributed by atoms with Crippen molar-refractivity contribution in [2.24, 2.45) is 0 Å². The molecule has 0 fully saturated rings. The van der Waals surface area contributed by atoms with Crippen LogP contribution in [0.4, 0.5) is 17.3 Å². The van der Waals surface area contributed by atoms with E-state index in [0.29, 0.717) is 11.4 Å². The number of nitriles is 1. The summed E-state index contributed by atoms with van der Waals surface area (Å²) in [5.41, 5.74) is 1.28. The van der Waals surface area contributed by atoms with Crippen LogP contribution in [0, 0.1) is 11.3 Å². The average molecular weight is 191 g/mol. The number of pyridine rings is 1. The minimum absolute atomic E-state index is 0.522. The summed E-state index contributed by atoms with van der Waals surface area (Å²) in [4.78, 5) is 4.20. The molecule has 1 aromatic rings. The van der Waals surface area contributed by atoms with Crippen molar-refractivity contribution >= 4 is 17.3 Å². The fourth-order valence-electron chi connectivity index (χ4n) is 1.16. The molecule has 0 unspecified atom stereocenters. The van der Waals surface area contributed by atoms with Crippen LogP contribution in [-0.2, 0) is 0 Å². The molecule has 0 radical (unpaired) electrons. The molecule has 3 N–H and O–H groups in total. The summed E-state index contributed by atoms with van der Waals surface area (Å²) in [6.07, 6.45) is 0. The maximum atomic E-state index is 8.93. The van der Waals surface area contributed by atoms with Gasteiger partial charge >= 0.3 is 0 Å². The number of nitrogens with one attached hydrogen (secondary N) is 3. The molecule has 0 aliphatic rings. The molecule has 0 spiro atoms. The highest BCUT2D eigenvalue weighted by atomic mass is 15.1. The van der Waals surface area contributed by atoms with Crippen LogP contribution in [0.25, 0.3) is 0 Å². The second-order valence-corrected chi connectivity index (χ2v) is 2.64. The van der Waals surface area contributed by atoms with Crippen molar-refractivity contribution in [3.05, 3.63) is 11.6 Å². The summed E-state index contributed by atoms with van der Waals surface area (Å²) < 4.78 is 0. The summed E-state index contributed by atoms with van der Waals surface area (Å²) in [6, 6.07) is 3.89. The number of hydrogen-bond donors (Lipinski definition) is 3. The highest BCUT2D eigenvalue weighted by Crippen LogP contribution is 2.24. The normalized spacial score (nSPS) is 9.00. The molecule has 14 heavy (non-hydrogen) atoms. The minimum atomic E-state index is 0.522. The second kappa shape index (κ2) is 4.33. The van der Waals surface area contributed by atoms with E-state index >= 15 is 0 Å². The molecule has 0 aliphatic heterocycles. The lowest BCUT2D eigenvalue weighted by Crippen LogP contribution is -2.04. The van der Waals surface area contributed by atoms with Crippen LogP contribution in [0.2, 0.25) is 0 Å². The second-order valence-electron chi connectivity index (χ2n) is 2.64. The molecule has 0 bridgehead atoms. The van der Waals surface area contributed by atoms with Gasteiger partial charge in [-0.05, 0) is 0 Å². The zero-order chi connectivity index (χ0) is 10.6. The SMILES string of the molecule is CNc1cc(NC)c(C#N)c(NC)n1.